The molecule has 1 aromatic heterocycles. The summed E-state index contributed by atoms with van der Waals surface area (Å²) in [6, 6.07) is 2.67. The van der Waals surface area contributed by atoms with Gasteiger partial charge in [0.15, 0.2) is 5.82 Å². The van der Waals surface area contributed by atoms with Crippen LogP contribution in [0.5, 0.6) is 0 Å². The zero-order chi connectivity index (χ0) is 19.7. The first kappa shape index (κ1) is 18.8. The fraction of sp³-hybridized carbons (Fsp3) is 0.471. The number of non-ortho nitro benzene ring substituents is 1. The highest BCUT2D eigenvalue weighted by molar-refractivity contribution is 5.83. The maximum atomic E-state index is 12.5. The van der Waals surface area contributed by atoms with E-state index in [2.05, 4.69) is 15.6 Å². The summed E-state index contributed by atoms with van der Waals surface area (Å²) in [4.78, 5) is 39.6. The highest BCUT2D eigenvalue weighted by Crippen LogP contribution is 2.23. The number of carbonyl (C=O) groups is 1. The quantitative estimate of drug-likeness (QED) is 0.404. The second-order valence-electron chi connectivity index (χ2n) is 6.92. The van der Waals surface area contributed by atoms with Gasteiger partial charge in [-0.15, -0.1) is 4.73 Å². The fourth-order valence-corrected chi connectivity index (χ4v) is 3.19. The molecule has 10 heteroatoms. The van der Waals surface area contributed by atoms with E-state index >= 15 is 0 Å². The molecule has 0 aliphatic carbocycles. The molecule has 3 rings (SSSR count). The lowest BCUT2D eigenvalue weighted by Crippen LogP contribution is -2.45. The molecular formula is C17H21N5O5. The molecule has 0 saturated carbocycles. The minimum atomic E-state index is -0.822. The minimum absolute atomic E-state index is 0.0114. The molecule has 0 bridgehead atoms. The maximum absolute atomic E-state index is 12.5. The molecule has 1 aromatic carbocycles. The Morgan fingerprint density at radius 2 is 2.22 bits per heavy atom. The van der Waals surface area contributed by atoms with Crippen molar-refractivity contribution in [3.63, 3.8) is 0 Å². The summed E-state index contributed by atoms with van der Waals surface area (Å²) in [7, 11) is 0. The number of carbonyl (C=O) groups excluding carboxylic acids is 1. The van der Waals surface area contributed by atoms with E-state index in [4.69, 9.17) is 0 Å². The van der Waals surface area contributed by atoms with Crippen LogP contribution < -0.4 is 16.2 Å². The van der Waals surface area contributed by atoms with Gasteiger partial charge in [0.05, 0.1) is 27.9 Å². The molecule has 3 N–H and O–H groups in total. The van der Waals surface area contributed by atoms with Crippen LogP contribution in [0.2, 0.25) is 0 Å². The van der Waals surface area contributed by atoms with E-state index in [0.29, 0.717) is 4.73 Å². The van der Waals surface area contributed by atoms with Gasteiger partial charge in [0.2, 0.25) is 5.91 Å². The Hall–Kier alpha value is -3.01. The molecule has 10 nitrogen and oxygen atoms in total. The molecular weight excluding hydrogens is 354 g/mol. The van der Waals surface area contributed by atoms with Crippen molar-refractivity contribution in [2.75, 3.05) is 6.54 Å². The first-order chi connectivity index (χ1) is 12.8. The summed E-state index contributed by atoms with van der Waals surface area (Å²) < 4.78 is 0.360. The molecule has 1 fully saturated rings. The maximum Gasteiger partial charge on any atom is 0.294 e. The first-order valence-corrected chi connectivity index (χ1v) is 8.73. The van der Waals surface area contributed by atoms with Crippen molar-refractivity contribution in [3.8, 4) is 0 Å². The highest BCUT2D eigenvalue weighted by atomic mass is 16.6. The summed E-state index contributed by atoms with van der Waals surface area (Å²) >= 11 is 0. The second kappa shape index (κ2) is 7.31. The van der Waals surface area contributed by atoms with E-state index in [-0.39, 0.29) is 40.3 Å². The molecule has 0 radical (unpaired) electrons. The average molecular weight is 375 g/mol. The van der Waals surface area contributed by atoms with Crippen LogP contribution in [0.1, 0.15) is 38.6 Å². The van der Waals surface area contributed by atoms with Crippen LogP contribution in [0.3, 0.4) is 0 Å². The monoisotopic (exact) mass is 375 g/mol. The Bertz CT molecular complexity index is 949. The van der Waals surface area contributed by atoms with Crippen LogP contribution in [-0.2, 0) is 4.79 Å². The van der Waals surface area contributed by atoms with Crippen molar-refractivity contribution >= 4 is 22.5 Å². The summed E-state index contributed by atoms with van der Waals surface area (Å²) in [5.74, 6) is -0.386. The zero-order valence-corrected chi connectivity index (χ0v) is 15.0. The molecule has 2 heterocycles. The lowest BCUT2D eigenvalue weighted by atomic mass is 10.0. The topological polar surface area (TPSA) is 139 Å². The van der Waals surface area contributed by atoms with Gasteiger partial charge in [-0.25, -0.2) is 4.98 Å². The van der Waals surface area contributed by atoms with Crippen molar-refractivity contribution in [1.82, 2.24) is 20.3 Å². The van der Waals surface area contributed by atoms with Crippen LogP contribution in [0.4, 0.5) is 5.69 Å². The van der Waals surface area contributed by atoms with Gasteiger partial charge >= 0.3 is 0 Å². The number of nitro benzene ring substituents is 1. The van der Waals surface area contributed by atoms with Crippen molar-refractivity contribution in [2.45, 2.75) is 38.8 Å². The van der Waals surface area contributed by atoms with Crippen LogP contribution in [0.25, 0.3) is 10.9 Å². The van der Waals surface area contributed by atoms with Gasteiger partial charge in [-0.3, -0.25) is 19.7 Å². The van der Waals surface area contributed by atoms with E-state index in [1.807, 2.05) is 13.8 Å². The first-order valence-electron chi connectivity index (χ1n) is 8.73. The van der Waals surface area contributed by atoms with E-state index in [1.54, 1.807) is 0 Å². The predicted molar refractivity (Wildman–Crippen MR) is 96.6 cm³/mol. The Morgan fingerprint density at radius 1 is 1.48 bits per heavy atom. The number of hydrogen-bond donors (Lipinski definition) is 3. The summed E-state index contributed by atoms with van der Waals surface area (Å²) in [5, 5.41) is 27.1. The normalized spacial score (nSPS) is 18.0. The zero-order valence-electron chi connectivity index (χ0n) is 15.0. The molecule has 1 amide bonds. The van der Waals surface area contributed by atoms with Crippen LogP contribution >= 0.6 is 0 Å². The van der Waals surface area contributed by atoms with Crippen molar-refractivity contribution in [1.29, 1.82) is 0 Å². The molecule has 1 saturated heterocycles. The highest BCUT2D eigenvalue weighted by Gasteiger charge is 2.29. The van der Waals surface area contributed by atoms with Crippen LogP contribution in [0, 0.1) is 16.0 Å². The molecule has 0 spiro atoms. The Balaban J connectivity index is 2.03. The van der Waals surface area contributed by atoms with E-state index in [1.165, 1.54) is 12.1 Å². The van der Waals surface area contributed by atoms with Crippen LogP contribution in [0.15, 0.2) is 23.0 Å². The molecule has 2 unspecified atom stereocenters. The molecule has 144 valence electrons. The third-order valence-electron chi connectivity index (χ3n) is 4.69. The van der Waals surface area contributed by atoms with Gasteiger partial charge in [-0.05, 0) is 31.4 Å². The van der Waals surface area contributed by atoms with Gasteiger partial charge in [-0.2, -0.15) is 0 Å². The summed E-state index contributed by atoms with van der Waals surface area (Å²) in [5.41, 5.74) is -0.877. The van der Waals surface area contributed by atoms with E-state index in [0.717, 1.165) is 25.5 Å². The Kier molecular flexibility index (Phi) is 5.08. The SMILES string of the molecule is CC(C)C(NC(=O)C1CCCN1)c1nc2ccc([N+](=O)[O-])cc2c(=O)n1O. The molecule has 2 aromatic rings. The smallest absolute Gasteiger partial charge is 0.294 e. The Labute approximate surface area is 154 Å². The predicted octanol–water partition coefficient (Wildman–Crippen LogP) is 1.11. The van der Waals surface area contributed by atoms with Gasteiger partial charge in [0, 0.05) is 12.1 Å². The third-order valence-corrected chi connectivity index (χ3v) is 4.69. The number of nitrogens with one attached hydrogen (secondary N) is 2. The van der Waals surface area contributed by atoms with Gasteiger partial charge in [0.25, 0.3) is 11.2 Å². The number of benzene rings is 1. The molecule has 1 aliphatic heterocycles. The standard InChI is InChI=1S/C17H21N5O5/c1-9(2)14(20-16(23)13-4-3-7-18-13)15-19-12-6-5-10(22(26)27)8-11(12)17(24)21(15)25/h5-6,8-9,13-14,18,25H,3-4,7H2,1-2H3,(H,20,23). The van der Waals surface area contributed by atoms with Gasteiger partial charge in [-0.1, -0.05) is 13.8 Å². The molecule has 1 aliphatic rings. The number of hydrogen-bond acceptors (Lipinski definition) is 7. The van der Waals surface area contributed by atoms with Crippen LogP contribution in [-0.4, -0.2) is 38.3 Å². The number of fused-ring (bicyclic) bond motifs is 1. The number of nitro groups is 1. The number of aromatic nitrogens is 2. The van der Waals surface area contributed by atoms with E-state index < -0.39 is 16.5 Å². The minimum Gasteiger partial charge on any atom is -0.424 e. The number of amides is 1. The largest absolute Gasteiger partial charge is 0.424 e. The molecule has 27 heavy (non-hydrogen) atoms. The fourth-order valence-electron chi connectivity index (χ4n) is 3.19. The van der Waals surface area contributed by atoms with Crippen molar-refractivity contribution < 1.29 is 14.9 Å². The average Bonchev–Trinajstić information content (AvgIpc) is 3.17. The number of nitrogens with zero attached hydrogens (tertiary/aromatic N) is 3. The summed E-state index contributed by atoms with van der Waals surface area (Å²) in [6.07, 6.45) is 1.62. The number of rotatable bonds is 5. The van der Waals surface area contributed by atoms with Crippen molar-refractivity contribution in [3.05, 3.63) is 44.5 Å². The third kappa shape index (κ3) is 3.61. The molecule has 2 atom stereocenters. The lowest BCUT2D eigenvalue weighted by molar-refractivity contribution is -0.384. The lowest BCUT2D eigenvalue weighted by Gasteiger charge is -2.24. The van der Waals surface area contributed by atoms with Crippen molar-refractivity contribution in [2.24, 2.45) is 5.92 Å². The van der Waals surface area contributed by atoms with Gasteiger partial charge < -0.3 is 15.8 Å². The van der Waals surface area contributed by atoms with E-state index in [9.17, 15) is 24.9 Å². The Morgan fingerprint density at radius 3 is 2.81 bits per heavy atom. The van der Waals surface area contributed by atoms with Gasteiger partial charge in [0.1, 0.15) is 0 Å². The summed E-state index contributed by atoms with van der Waals surface area (Å²) in [6.45, 7) is 4.43. The second-order valence-corrected chi connectivity index (χ2v) is 6.92.